The van der Waals surface area contributed by atoms with Crippen molar-refractivity contribution in [2.24, 2.45) is 0 Å². The lowest BCUT2D eigenvalue weighted by atomic mass is 10.0. The number of benzene rings is 1. The maximum absolute atomic E-state index is 9.24. The lowest BCUT2D eigenvalue weighted by molar-refractivity contribution is 0.0734. The number of ether oxygens (including phenoxy) is 2. The van der Waals surface area contributed by atoms with Gasteiger partial charge in [-0.3, -0.25) is 4.57 Å². The number of anilines is 1. The fourth-order valence-electron chi connectivity index (χ4n) is 3.25. The van der Waals surface area contributed by atoms with Gasteiger partial charge in [-0.15, -0.1) is 0 Å². The third-order valence-corrected chi connectivity index (χ3v) is 5.55. The Balaban J connectivity index is 1.33. The molecule has 0 aliphatic carbocycles. The summed E-state index contributed by atoms with van der Waals surface area (Å²) in [6.45, 7) is 1.96. The van der Waals surface area contributed by atoms with Gasteiger partial charge < -0.3 is 19.7 Å². The summed E-state index contributed by atoms with van der Waals surface area (Å²) in [6.07, 6.45) is 8.45. The molecule has 4 rings (SSSR count). The Kier molecular flexibility index (Phi) is 7.10. The molecule has 1 aliphatic heterocycles. The van der Waals surface area contributed by atoms with E-state index in [1.54, 1.807) is 29.6 Å². The number of imidazole rings is 1. The molecule has 3 aromatic rings. The minimum absolute atomic E-state index is 0.0312. The van der Waals surface area contributed by atoms with E-state index in [0.717, 1.165) is 30.3 Å². The number of nitrogens with one attached hydrogen (secondary N) is 1. The Labute approximate surface area is 184 Å². The summed E-state index contributed by atoms with van der Waals surface area (Å²) >= 11 is 1.28. The molecule has 1 unspecified atom stereocenters. The van der Waals surface area contributed by atoms with Crippen molar-refractivity contribution in [2.45, 2.75) is 18.9 Å². The van der Waals surface area contributed by atoms with E-state index in [2.05, 4.69) is 37.9 Å². The third kappa shape index (κ3) is 5.59. The molecule has 9 nitrogen and oxygen atoms in total. The SMILES string of the molecule is N#CCN(CCCNC(Cc1ccccc1)C1=COCO1)c1nc(-n2ccnc2)ns1. The van der Waals surface area contributed by atoms with Crippen LogP contribution in [0.3, 0.4) is 0 Å². The zero-order chi connectivity index (χ0) is 21.3. The normalized spacial score (nSPS) is 13.7. The molecule has 160 valence electrons. The Morgan fingerprint density at radius 1 is 1.32 bits per heavy atom. The standard InChI is InChI=1S/C21H23N7O2S/c22-7-11-27(21-25-20(26-31-21)28-12-9-23-15-28)10-4-8-24-18(19-14-29-16-30-19)13-17-5-2-1-3-6-17/h1-3,5-6,9,12,14-15,18,24H,4,8,10-11,13,16H2. The van der Waals surface area contributed by atoms with Gasteiger partial charge in [0.2, 0.25) is 17.9 Å². The van der Waals surface area contributed by atoms with Crippen LogP contribution in [0.5, 0.6) is 0 Å². The molecule has 10 heteroatoms. The second-order valence-corrected chi connectivity index (χ2v) is 7.66. The number of hydrogen-bond acceptors (Lipinski definition) is 9. The quantitative estimate of drug-likeness (QED) is 0.361. The number of nitriles is 1. The molecule has 1 N–H and O–H groups in total. The van der Waals surface area contributed by atoms with Crippen molar-refractivity contribution in [3.8, 4) is 12.0 Å². The second-order valence-electron chi connectivity index (χ2n) is 6.93. The predicted molar refractivity (Wildman–Crippen MR) is 117 cm³/mol. The van der Waals surface area contributed by atoms with E-state index in [1.165, 1.54) is 17.1 Å². The highest BCUT2D eigenvalue weighted by Gasteiger charge is 2.20. The van der Waals surface area contributed by atoms with Crippen molar-refractivity contribution in [3.63, 3.8) is 0 Å². The van der Waals surface area contributed by atoms with Crippen LogP contribution in [0.4, 0.5) is 5.13 Å². The minimum atomic E-state index is 0.0312. The molecular weight excluding hydrogens is 414 g/mol. The van der Waals surface area contributed by atoms with E-state index >= 15 is 0 Å². The molecule has 3 heterocycles. The highest BCUT2D eigenvalue weighted by atomic mass is 32.1. The first-order valence-electron chi connectivity index (χ1n) is 9.99. The van der Waals surface area contributed by atoms with Crippen LogP contribution in [0.25, 0.3) is 5.95 Å². The van der Waals surface area contributed by atoms with Gasteiger partial charge >= 0.3 is 0 Å². The van der Waals surface area contributed by atoms with Gasteiger partial charge in [-0.1, -0.05) is 30.3 Å². The summed E-state index contributed by atoms with van der Waals surface area (Å²) in [7, 11) is 0. The average Bonchev–Trinajstić information content (AvgIpc) is 3.58. The highest BCUT2D eigenvalue weighted by Crippen LogP contribution is 2.20. The molecule has 31 heavy (non-hydrogen) atoms. The largest absolute Gasteiger partial charge is 0.462 e. The molecular formula is C21H23N7O2S. The van der Waals surface area contributed by atoms with Crippen molar-refractivity contribution in [2.75, 3.05) is 31.3 Å². The molecule has 0 saturated heterocycles. The lowest BCUT2D eigenvalue weighted by Crippen LogP contribution is -2.36. The van der Waals surface area contributed by atoms with Gasteiger partial charge in [-0.25, -0.2) is 4.98 Å². The minimum Gasteiger partial charge on any atom is -0.462 e. The zero-order valence-corrected chi connectivity index (χ0v) is 17.7. The topological polar surface area (TPSA) is 101 Å². The van der Waals surface area contributed by atoms with Crippen molar-refractivity contribution < 1.29 is 9.47 Å². The first kappa shape index (κ1) is 20.8. The van der Waals surface area contributed by atoms with E-state index in [-0.39, 0.29) is 19.4 Å². The van der Waals surface area contributed by atoms with Crippen LogP contribution in [0, 0.1) is 11.3 Å². The highest BCUT2D eigenvalue weighted by molar-refractivity contribution is 7.09. The van der Waals surface area contributed by atoms with E-state index in [0.29, 0.717) is 12.5 Å². The van der Waals surface area contributed by atoms with Gasteiger partial charge in [0.05, 0.1) is 12.1 Å². The Bertz CT molecular complexity index is 1010. The van der Waals surface area contributed by atoms with Crippen LogP contribution in [-0.2, 0) is 15.9 Å². The summed E-state index contributed by atoms with van der Waals surface area (Å²) < 4.78 is 17.0. The molecule has 0 amide bonds. The van der Waals surface area contributed by atoms with Gasteiger partial charge in [-0.05, 0) is 24.9 Å². The maximum atomic E-state index is 9.24. The van der Waals surface area contributed by atoms with Gasteiger partial charge in [0, 0.05) is 30.5 Å². The molecule has 0 bridgehead atoms. The van der Waals surface area contributed by atoms with E-state index in [1.807, 2.05) is 23.1 Å². The molecule has 0 spiro atoms. The predicted octanol–water partition coefficient (Wildman–Crippen LogP) is 2.49. The van der Waals surface area contributed by atoms with Crippen LogP contribution in [0.15, 0.2) is 61.1 Å². The Hall–Kier alpha value is -3.42. The average molecular weight is 438 g/mol. The third-order valence-electron chi connectivity index (χ3n) is 4.79. The summed E-state index contributed by atoms with van der Waals surface area (Å²) in [4.78, 5) is 10.5. The molecule has 0 radical (unpaired) electrons. The van der Waals surface area contributed by atoms with Crippen LogP contribution >= 0.6 is 11.5 Å². The fraction of sp³-hybridized carbons (Fsp3) is 0.333. The molecule has 1 aliphatic rings. The number of hydrogen-bond donors (Lipinski definition) is 1. The summed E-state index contributed by atoms with van der Waals surface area (Å²) in [5.74, 6) is 1.37. The van der Waals surface area contributed by atoms with Gasteiger partial charge in [0.25, 0.3) is 0 Å². The number of nitrogens with zero attached hydrogens (tertiary/aromatic N) is 6. The second kappa shape index (κ2) is 10.6. The van der Waals surface area contributed by atoms with E-state index < -0.39 is 0 Å². The summed E-state index contributed by atoms with van der Waals surface area (Å²) in [5.41, 5.74) is 1.23. The van der Waals surface area contributed by atoms with E-state index in [4.69, 9.17) is 9.47 Å². The van der Waals surface area contributed by atoms with Crippen LogP contribution in [-0.4, -0.2) is 51.4 Å². The molecule has 1 atom stereocenters. The van der Waals surface area contributed by atoms with Crippen LogP contribution in [0.1, 0.15) is 12.0 Å². The lowest BCUT2D eigenvalue weighted by Gasteiger charge is -2.21. The number of rotatable bonds is 11. The van der Waals surface area contributed by atoms with Crippen molar-refractivity contribution >= 4 is 16.7 Å². The summed E-state index contributed by atoms with van der Waals surface area (Å²) in [5, 5.41) is 13.5. The first-order chi connectivity index (χ1) is 15.3. The van der Waals surface area contributed by atoms with Gasteiger partial charge in [0.15, 0.2) is 5.76 Å². The van der Waals surface area contributed by atoms with Crippen molar-refractivity contribution in [1.82, 2.24) is 24.2 Å². The fourth-order valence-corrected chi connectivity index (χ4v) is 3.94. The van der Waals surface area contributed by atoms with Crippen molar-refractivity contribution in [3.05, 3.63) is 66.6 Å². The van der Waals surface area contributed by atoms with Gasteiger partial charge in [0.1, 0.15) is 19.1 Å². The zero-order valence-electron chi connectivity index (χ0n) is 16.9. The first-order valence-corrected chi connectivity index (χ1v) is 10.8. The van der Waals surface area contributed by atoms with E-state index in [9.17, 15) is 5.26 Å². The Morgan fingerprint density at radius 2 is 2.23 bits per heavy atom. The molecule has 2 aromatic heterocycles. The molecule has 0 fully saturated rings. The maximum Gasteiger partial charge on any atom is 0.248 e. The molecule has 1 aromatic carbocycles. The summed E-state index contributed by atoms with van der Waals surface area (Å²) in [6, 6.07) is 12.5. The van der Waals surface area contributed by atoms with Crippen LogP contribution < -0.4 is 10.2 Å². The van der Waals surface area contributed by atoms with Gasteiger partial charge in [-0.2, -0.15) is 14.6 Å². The van der Waals surface area contributed by atoms with Crippen LogP contribution in [0.2, 0.25) is 0 Å². The van der Waals surface area contributed by atoms with Crippen molar-refractivity contribution in [1.29, 1.82) is 5.26 Å². The Morgan fingerprint density at radius 3 is 2.97 bits per heavy atom. The monoisotopic (exact) mass is 437 g/mol. The number of aromatic nitrogens is 4. The smallest absolute Gasteiger partial charge is 0.248 e. The molecule has 0 saturated carbocycles.